The maximum absolute atomic E-state index is 8.98. The van der Waals surface area contributed by atoms with Gasteiger partial charge in [-0.2, -0.15) is 0 Å². The van der Waals surface area contributed by atoms with E-state index < -0.39 is 5.54 Å². The van der Waals surface area contributed by atoms with Gasteiger partial charge in [0.05, 0.1) is 32.0 Å². The molecule has 0 heterocycles. The molecule has 0 radical (unpaired) electrons. The van der Waals surface area contributed by atoms with Crippen LogP contribution in [0.15, 0.2) is 0 Å². The topological polar surface area (TPSA) is 64.7 Å². The van der Waals surface area contributed by atoms with Gasteiger partial charge >= 0.3 is 0 Å². The largest absolute Gasteiger partial charge is 0.394 e. The van der Waals surface area contributed by atoms with E-state index in [0.717, 1.165) is 0 Å². The normalized spacial score (nSPS) is 17.8. The molecule has 2 atom stereocenters. The summed E-state index contributed by atoms with van der Waals surface area (Å²) < 4.78 is 10.9. The molecule has 0 amide bonds. The van der Waals surface area contributed by atoms with E-state index >= 15 is 0 Å². The molecule has 0 spiro atoms. The summed E-state index contributed by atoms with van der Waals surface area (Å²) in [5.74, 6) is 0. The maximum Gasteiger partial charge on any atom is 0.0704 e. The molecule has 0 aromatic carbocycles. The van der Waals surface area contributed by atoms with Crippen molar-refractivity contribution in [2.45, 2.75) is 51.9 Å². The SMILES string of the molecule is CC(C)OCCOC(C)CC(C)(N)CO. The first-order chi connectivity index (χ1) is 6.87. The molecule has 0 aliphatic carbocycles. The Morgan fingerprint density at radius 2 is 1.73 bits per heavy atom. The van der Waals surface area contributed by atoms with Crippen molar-refractivity contribution in [3.05, 3.63) is 0 Å². The molecule has 4 nitrogen and oxygen atoms in total. The summed E-state index contributed by atoms with van der Waals surface area (Å²) >= 11 is 0. The molecule has 0 saturated heterocycles. The van der Waals surface area contributed by atoms with E-state index in [1.165, 1.54) is 0 Å². The molecule has 0 aromatic heterocycles. The Morgan fingerprint density at radius 1 is 1.20 bits per heavy atom. The average molecular weight is 219 g/mol. The van der Waals surface area contributed by atoms with Crippen LogP contribution in [0.5, 0.6) is 0 Å². The van der Waals surface area contributed by atoms with E-state index in [0.29, 0.717) is 19.6 Å². The fourth-order valence-corrected chi connectivity index (χ4v) is 1.31. The molecule has 0 aliphatic rings. The van der Waals surface area contributed by atoms with Crippen LogP contribution in [0, 0.1) is 0 Å². The summed E-state index contributed by atoms with van der Waals surface area (Å²) in [4.78, 5) is 0. The number of nitrogens with two attached hydrogens (primary N) is 1. The third kappa shape index (κ3) is 8.81. The predicted molar refractivity (Wildman–Crippen MR) is 60.8 cm³/mol. The van der Waals surface area contributed by atoms with Crippen molar-refractivity contribution in [2.75, 3.05) is 19.8 Å². The molecule has 0 bridgehead atoms. The maximum atomic E-state index is 8.98. The number of ether oxygens (including phenoxy) is 2. The van der Waals surface area contributed by atoms with Gasteiger partial charge in [0.2, 0.25) is 0 Å². The summed E-state index contributed by atoms with van der Waals surface area (Å²) in [6, 6.07) is 0. The number of aliphatic hydroxyl groups is 1. The van der Waals surface area contributed by atoms with Gasteiger partial charge in [-0.05, 0) is 34.1 Å². The van der Waals surface area contributed by atoms with Crippen LogP contribution in [-0.2, 0) is 9.47 Å². The highest BCUT2D eigenvalue weighted by molar-refractivity contribution is 4.79. The second-order valence-corrected chi connectivity index (χ2v) is 4.62. The van der Waals surface area contributed by atoms with Gasteiger partial charge in [-0.25, -0.2) is 0 Å². The number of rotatable bonds is 8. The fourth-order valence-electron chi connectivity index (χ4n) is 1.31. The number of hydrogen-bond donors (Lipinski definition) is 2. The number of aliphatic hydroxyl groups excluding tert-OH is 1. The summed E-state index contributed by atoms with van der Waals surface area (Å²) in [6.07, 6.45) is 0.926. The molecule has 92 valence electrons. The molecule has 4 heteroatoms. The van der Waals surface area contributed by atoms with Gasteiger partial charge in [-0.3, -0.25) is 0 Å². The Bertz CT molecular complexity index is 160. The second-order valence-electron chi connectivity index (χ2n) is 4.62. The summed E-state index contributed by atoms with van der Waals surface area (Å²) in [6.45, 7) is 8.90. The first-order valence-corrected chi connectivity index (χ1v) is 5.50. The van der Waals surface area contributed by atoms with Crippen LogP contribution in [0.2, 0.25) is 0 Å². The standard InChI is InChI=1S/C11H25NO3/c1-9(2)14-5-6-15-10(3)7-11(4,12)8-13/h9-10,13H,5-8,12H2,1-4H3. The molecule has 0 aliphatic heterocycles. The lowest BCUT2D eigenvalue weighted by atomic mass is 9.97. The highest BCUT2D eigenvalue weighted by Gasteiger charge is 2.20. The molecule has 0 rings (SSSR count). The van der Waals surface area contributed by atoms with E-state index in [-0.39, 0.29) is 18.8 Å². The van der Waals surface area contributed by atoms with Crippen molar-refractivity contribution >= 4 is 0 Å². The van der Waals surface area contributed by atoms with E-state index in [1.54, 1.807) is 0 Å². The zero-order valence-electron chi connectivity index (χ0n) is 10.3. The van der Waals surface area contributed by atoms with Crippen LogP contribution in [0.25, 0.3) is 0 Å². The Kier molecular flexibility index (Phi) is 7.09. The van der Waals surface area contributed by atoms with Gasteiger partial charge in [0, 0.05) is 5.54 Å². The molecule has 0 fully saturated rings. The highest BCUT2D eigenvalue weighted by atomic mass is 16.5. The van der Waals surface area contributed by atoms with Crippen molar-refractivity contribution in [1.29, 1.82) is 0 Å². The zero-order chi connectivity index (χ0) is 11.9. The van der Waals surface area contributed by atoms with Crippen molar-refractivity contribution in [3.8, 4) is 0 Å². The molecule has 0 saturated carbocycles. The summed E-state index contributed by atoms with van der Waals surface area (Å²) in [5, 5.41) is 8.98. The van der Waals surface area contributed by atoms with Crippen molar-refractivity contribution < 1.29 is 14.6 Å². The van der Waals surface area contributed by atoms with Gasteiger partial charge < -0.3 is 20.3 Å². The lowest BCUT2D eigenvalue weighted by molar-refractivity contribution is -0.0176. The van der Waals surface area contributed by atoms with Crippen LogP contribution in [0.1, 0.15) is 34.1 Å². The third-order valence-corrected chi connectivity index (χ3v) is 2.05. The van der Waals surface area contributed by atoms with Gasteiger partial charge in [-0.15, -0.1) is 0 Å². The lowest BCUT2D eigenvalue weighted by Crippen LogP contribution is -2.43. The van der Waals surface area contributed by atoms with Gasteiger partial charge in [0.25, 0.3) is 0 Å². The predicted octanol–water partition coefficient (Wildman–Crippen LogP) is 0.916. The molecule has 15 heavy (non-hydrogen) atoms. The van der Waals surface area contributed by atoms with E-state index in [2.05, 4.69) is 0 Å². The van der Waals surface area contributed by atoms with E-state index in [9.17, 15) is 0 Å². The minimum atomic E-state index is -0.557. The van der Waals surface area contributed by atoms with E-state index in [4.69, 9.17) is 20.3 Å². The molecule has 2 unspecified atom stereocenters. The molecule has 0 aromatic rings. The van der Waals surface area contributed by atoms with E-state index in [1.807, 2.05) is 27.7 Å². The van der Waals surface area contributed by atoms with Crippen LogP contribution < -0.4 is 5.73 Å². The fraction of sp³-hybridized carbons (Fsp3) is 1.00. The van der Waals surface area contributed by atoms with Crippen molar-refractivity contribution in [1.82, 2.24) is 0 Å². The van der Waals surface area contributed by atoms with Crippen molar-refractivity contribution in [3.63, 3.8) is 0 Å². The number of hydrogen-bond acceptors (Lipinski definition) is 4. The monoisotopic (exact) mass is 219 g/mol. The minimum absolute atomic E-state index is 0.0246. The Morgan fingerprint density at radius 3 is 2.20 bits per heavy atom. The highest BCUT2D eigenvalue weighted by Crippen LogP contribution is 2.10. The Hall–Kier alpha value is -0.160. The molecular weight excluding hydrogens is 194 g/mol. The first kappa shape index (κ1) is 14.8. The van der Waals surface area contributed by atoms with Gasteiger partial charge in [-0.1, -0.05) is 0 Å². The zero-order valence-corrected chi connectivity index (χ0v) is 10.3. The smallest absolute Gasteiger partial charge is 0.0704 e. The Balaban J connectivity index is 3.53. The summed E-state index contributed by atoms with van der Waals surface area (Å²) in [7, 11) is 0. The van der Waals surface area contributed by atoms with Crippen molar-refractivity contribution in [2.24, 2.45) is 5.73 Å². The van der Waals surface area contributed by atoms with Crippen LogP contribution in [0.4, 0.5) is 0 Å². The third-order valence-electron chi connectivity index (χ3n) is 2.05. The minimum Gasteiger partial charge on any atom is -0.394 e. The van der Waals surface area contributed by atoms with Crippen LogP contribution >= 0.6 is 0 Å². The van der Waals surface area contributed by atoms with Gasteiger partial charge in [0.1, 0.15) is 0 Å². The lowest BCUT2D eigenvalue weighted by Gasteiger charge is -2.25. The Labute approximate surface area is 92.7 Å². The van der Waals surface area contributed by atoms with Gasteiger partial charge in [0.15, 0.2) is 0 Å². The summed E-state index contributed by atoms with van der Waals surface area (Å²) in [5.41, 5.74) is 5.25. The molecule has 3 N–H and O–H groups in total. The van der Waals surface area contributed by atoms with Crippen LogP contribution in [0.3, 0.4) is 0 Å². The quantitative estimate of drug-likeness (QED) is 0.596. The second kappa shape index (κ2) is 7.17. The van der Waals surface area contributed by atoms with Crippen LogP contribution in [-0.4, -0.2) is 42.7 Å². The average Bonchev–Trinajstić information content (AvgIpc) is 2.11. The first-order valence-electron chi connectivity index (χ1n) is 5.50. The molecular formula is C11H25NO3.